The average molecular weight is 235 g/mol. The Balaban J connectivity index is 2.21. The summed E-state index contributed by atoms with van der Waals surface area (Å²) < 4.78 is 18.2. The van der Waals surface area contributed by atoms with E-state index in [0.29, 0.717) is 23.8 Å². The number of nitrogens with zero attached hydrogens (tertiary/aromatic N) is 2. The van der Waals surface area contributed by atoms with Gasteiger partial charge in [-0.15, -0.1) is 10.2 Å². The standard InChI is InChI=1S/C12H14FN3O/c1-12(2,14)7-10-15-16-11(17-10)8-3-5-9(13)6-4-8/h3-6H,7,14H2,1-2H3. The second-order valence-electron chi connectivity index (χ2n) is 4.67. The Morgan fingerprint density at radius 1 is 1.24 bits per heavy atom. The van der Waals surface area contributed by atoms with Gasteiger partial charge in [0.15, 0.2) is 0 Å². The van der Waals surface area contributed by atoms with Gasteiger partial charge in [-0.1, -0.05) is 0 Å². The van der Waals surface area contributed by atoms with Crippen LogP contribution in [0.4, 0.5) is 4.39 Å². The summed E-state index contributed by atoms with van der Waals surface area (Å²) >= 11 is 0. The monoisotopic (exact) mass is 235 g/mol. The topological polar surface area (TPSA) is 64.9 Å². The van der Waals surface area contributed by atoms with Crippen molar-refractivity contribution >= 4 is 0 Å². The zero-order valence-electron chi connectivity index (χ0n) is 9.77. The molecule has 90 valence electrons. The van der Waals surface area contributed by atoms with Gasteiger partial charge in [-0.2, -0.15) is 0 Å². The van der Waals surface area contributed by atoms with Crippen LogP contribution < -0.4 is 5.73 Å². The van der Waals surface area contributed by atoms with Crippen molar-refractivity contribution < 1.29 is 8.81 Å². The lowest BCUT2D eigenvalue weighted by Crippen LogP contribution is -2.34. The minimum absolute atomic E-state index is 0.295. The maximum atomic E-state index is 12.7. The number of halogens is 1. The van der Waals surface area contributed by atoms with Crippen molar-refractivity contribution in [3.05, 3.63) is 36.0 Å². The van der Waals surface area contributed by atoms with E-state index in [4.69, 9.17) is 10.2 Å². The third-order valence-electron chi connectivity index (χ3n) is 2.16. The number of rotatable bonds is 3. The normalized spacial score (nSPS) is 11.8. The Kier molecular flexibility index (Phi) is 2.93. The molecule has 0 aliphatic rings. The molecule has 0 aliphatic carbocycles. The molecule has 2 N–H and O–H groups in total. The number of nitrogens with two attached hydrogens (primary N) is 1. The van der Waals surface area contributed by atoms with E-state index in [2.05, 4.69) is 10.2 Å². The minimum atomic E-state index is -0.396. The van der Waals surface area contributed by atoms with Crippen molar-refractivity contribution in [2.24, 2.45) is 5.73 Å². The zero-order valence-corrected chi connectivity index (χ0v) is 9.77. The van der Waals surface area contributed by atoms with Gasteiger partial charge in [0, 0.05) is 17.5 Å². The van der Waals surface area contributed by atoms with Crippen molar-refractivity contribution in [2.45, 2.75) is 25.8 Å². The maximum Gasteiger partial charge on any atom is 0.247 e. The van der Waals surface area contributed by atoms with Gasteiger partial charge in [-0.25, -0.2) is 4.39 Å². The maximum absolute atomic E-state index is 12.7. The molecule has 0 radical (unpaired) electrons. The molecule has 2 aromatic rings. The van der Waals surface area contributed by atoms with E-state index in [1.807, 2.05) is 13.8 Å². The highest BCUT2D eigenvalue weighted by atomic mass is 19.1. The molecule has 0 amide bonds. The van der Waals surface area contributed by atoms with Crippen LogP contribution >= 0.6 is 0 Å². The van der Waals surface area contributed by atoms with Gasteiger partial charge in [-0.3, -0.25) is 0 Å². The lowest BCUT2D eigenvalue weighted by Gasteiger charge is -2.14. The molecule has 0 unspecified atom stereocenters. The Labute approximate surface area is 98.7 Å². The van der Waals surface area contributed by atoms with Crippen LogP contribution in [0.3, 0.4) is 0 Å². The molecule has 5 heteroatoms. The quantitative estimate of drug-likeness (QED) is 0.885. The SMILES string of the molecule is CC(C)(N)Cc1nnc(-c2ccc(F)cc2)o1. The summed E-state index contributed by atoms with van der Waals surface area (Å²) in [7, 11) is 0. The van der Waals surface area contributed by atoms with Crippen LogP contribution in [0, 0.1) is 5.82 Å². The summed E-state index contributed by atoms with van der Waals surface area (Å²) in [6, 6.07) is 5.90. The summed E-state index contributed by atoms with van der Waals surface area (Å²) in [4.78, 5) is 0. The molecule has 2 rings (SSSR count). The van der Waals surface area contributed by atoms with Gasteiger partial charge < -0.3 is 10.2 Å². The Morgan fingerprint density at radius 2 is 1.88 bits per heavy atom. The highest BCUT2D eigenvalue weighted by Gasteiger charge is 2.17. The first-order valence-electron chi connectivity index (χ1n) is 5.31. The van der Waals surface area contributed by atoms with Crippen LogP contribution in [0.25, 0.3) is 11.5 Å². The molecule has 1 heterocycles. The Bertz CT molecular complexity index is 499. The molecule has 0 saturated carbocycles. The van der Waals surface area contributed by atoms with Gasteiger partial charge >= 0.3 is 0 Å². The lowest BCUT2D eigenvalue weighted by atomic mass is 10.0. The fourth-order valence-corrected chi connectivity index (χ4v) is 1.42. The molecule has 1 aromatic heterocycles. The predicted molar refractivity (Wildman–Crippen MR) is 61.7 cm³/mol. The first-order valence-corrected chi connectivity index (χ1v) is 5.31. The highest BCUT2D eigenvalue weighted by Crippen LogP contribution is 2.19. The molecular formula is C12H14FN3O. The number of hydrogen-bond acceptors (Lipinski definition) is 4. The minimum Gasteiger partial charge on any atom is -0.421 e. The zero-order chi connectivity index (χ0) is 12.5. The van der Waals surface area contributed by atoms with E-state index < -0.39 is 5.54 Å². The summed E-state index contributed by atoms with van der Waals surface area (Å²) in [6.07, 6.45) is 0.501. The van der Waals surface area contributed by atoms with E-state index >= 15 is 0 Å². The Morgan fingerprint density at radius 3 is 2.47 bits per heavy atom. The molecular weight excluding hydrogens is 221 g/mol. The molecule has 1 aromatic carbocycles. The number of hydrogen-bond donors (Lipinski definition) is 1. The summed E-state index contributed by atoms with van der Waals surface area (Å²) in [5.74, 6) is 0.567. The van der Waals surface area contributed by atoms with Crippen LogP contribution in [-0.4, -0.2) is 15.7 Å². The van der Waals surface area contributed by atoms with Crippen molar-refractivity contribution in [1.82, 2.24) is 10.2 Å². The van der Waals surface area contributed by atoms with Gasteiger partial charge in [0.25, 0.3) is 0 Å². The fraction of sp³-hybridized carbons (Fsp3) is 0.333. The highest BCUT2D eigenvalue weighted by molar-refractivity contribution is 5.51. The summed E-state index contributed by atoms with van der Waals surface area (Å²) in [5, 5.41) is 7.82. The van der Waals surface area contributed by atoms with E-state index in [9.17, 15) is 4.39 Å². The van der Waals surface area contributed by atoms with Gasteiger partial charge in [0.1, 0.15) is 5.82 Å². The summed E-state index contributed by atoms with van der Waals surface area (Å²) in [5.41, 5.74) is 6.16. The van der Waals surface area contributed by atoms with Crippen molar-refractivity contribution in [3.63, 3.8) is 0 Å². The van der Waals surface area contributed by atoms with E-state index in [1.165, 1.54) is 12.1 Å². The second kappa shape index (κ2) is 4.25. The van der Waals surface area contributed by atoms with Crippen molar-refractivity contribution in [1.29, 1.82) is 0 Å². The molecule has 17 heavy (non-hydrogen) atoms. The van der Waals surface area contributed by atoms with Gasteiger partial charge in [0.05, 0.1) is 0 Å². The molecule has 0 bridgehead atoms. The first-order chi connectivity index (χ1) is 7.94. The lowest BCUT2D eigenvalue weighted by molar-refractivity contribution is 0.424. The van der Waals surface area contributed by atoms with Gasteiger partial charge in [0.2, 0.25) is 11.8 Å². The molecule has 0 spiro atoms. The van der Waals surface area contributed by atoms with E-state index in [-0.39, 0.29) is 5.82 Å². The predicted octanol–water partition coefficient (Wildman–Crippen LogP) is 2.16. The Hall–Kier alpha value is -1.75. The van der Waals surface area contributed by atoms with Crippen LogP contribution in [-0.2, 0) is 6.42 Å². The molecule has 0 saturated heterocycles. The molecule has 4 nitrogen and oxygen atoms in total. The third-order valence-corrected chi connectivity index (χ3v) is 2.16. The molecule has 0 aliphatic heterocycles. The third kappa shape index (κ3) is 3.10. The fourth-order valence-electron chi connectivity index (χ4n) is 1.42. The van der Waals surface area contributed by atoms with Crippen LogP contribution in [0.5, 0.6) is 0 Å². The van der Waals surface area contributed by atoms with Crippen LogP contribution in [0.1, 0.15) is 19.7 Å². The van der Waals surface area contributed by atoms with E-state index in [1.54, 1.807) is 12.1 Å². The van der Waals surface area contributed by atoms with Crippen molar-refractivity contribution in [2.75, 3.05) is 0 Å². The largest absolute Gasteiger partial charge is 0.421 e. The number of aromatic nitrogens is 2. The van der Waals surface area contributed by atoms with Crippen LogP contribution in [0.2, 0.25) is 0 Å². The number of benzene rings is 1. The summed E-state index contributed by atoms with van der Waals surface area (Å²) in [6.45, 7) is 3.77. The molecule has 0 atom stereocenters. The van der Waals surface area contributed by atoms with E-state index in [0.717, 1.165) is 0 Å². The van der Waals surface area contributed by atoms with Crippen molar-refractivity contribution in [3.8, 4) is 11.5 Å². The average Bonchev–Trinajstić information content (AvgIpc) is 2.64. The van der Waals surface area contributed by atoms with Crippen LogP contribution in [0.15, 0.2) is 28.7 Å². The van der Waals surface area contributed by atoms with Gasteiger partial charge in [-0.05, 0) is 38.1 Å². The first kappa shape index (κ1) is 11.7. The smallest absolute Gasteiger partial charge is 0.247 e. The molecule has 0 fully saturated rings. The second-order valence-corrected chi connectivity index (χ2v) is 4.67.